The molecule has 2 nitrogen and oxygen atoms in total. The van der Waals surface area contributed by atoms with Crippen LogP contribution in [0.15, 0.2) is 18.2 Å². The van der Waals surface area contributed by atoms with E-state index in [1.54, 1.807) is 0 Å². The summed E-state index contributed by atoms with van der Waals surface area (Å²) in [5, 5.41) is 0. The number of nitrogens with two attached hydrogens (primary N) is 1. The van der Waals surface area contributed by atoms with E-state index in [0.29, 0.717) is 5.56 Å². The zero-order valence-electron chi connectivity index (χ0n) is 9.04. The summed E-state index contributed by atoms with van der Waals surface area (Å²) < 4.78 is 13.2. The Bertz CT molecular complexity index is 345. The molecule has 1 saturated heterocycles. The zero-order chi connectivity index (χ0) is 10.8. The van der Waals surface area contributed by atoms with Gasteiger partial charge in [0.2, 0.25) is 0 Å². The topological polar surface area (TPSA) is 29.3 Å². The number of anilines is 1. The Hall–Kier alpha value is -1.09. The highest BCUT2D eigenvalue weighted by Crippen LogP contribution is 2.27. The molecular formula is C12H17FN2. The smallest absolute Gasteiger partial charge is 0.127 e. The Morgan fingerprint density at radius 2 is 2.20 bits per heavy atom. The van der Waals surface area contributed by atoms with Gasteiger partial charge in [-0.2, -0.15) is 0 Å². The van der Waals surface area contributed by atoms with E-state index < -0.39 is 0 Å². The van der Waals surface area contributed by atoms with Gasteiger partial charge in [-0.1, -0.05) is 6.92 Å². The minimum atomic E-state index is -0.200. The van der Waals surface area contributed by atoms with Crippen LogP contribution in [0, 0.1) is 11.7 Å². The van der Waals surface area contributed by atoms with Crippen molar-refractivity contribution in [1.82, 2.24) is 0 Å². The van der Waals surface area contributed by atoms with Gasteiger partial charge in [0, 0.05) is 30.9 Å². The number of nitrogens with zero attached hydrogens (tertiary/aromatic N) is 1. The van der Waals surface area contributed by atoms with Crippen LogP contribution in [0.25, 0.3) is 0 Å². The Kier molecular flexibility index (Phi) is 2.91. The van der Waals surface area contributed by atoms with Crippen molar-refractivity contribution in [3.63, 3.8) is 0 Å². The molecule has 0 spiro atoms. The van der Waals surface area contributed by atoms with Gasteiger partial charge in [-0.05, 0) is 30.5 Å². The fourth-order valence-electron chi connectivity index (χ4n) is 1.95. The molecule has 1 aliphatic rings. The molecule has 0 aromatic heterocycles. The van der Waals surface area contributed by atoms with Gasteiger partial charge < -0.3 is 10.6 Å². The van der Waals surface area contributed by atoms with Crippen molar-refractivity contribution in [2.24, 2.45) is 11.7 Å². The highest BCUT2D eigenvalue weighted by atomic mass is 19.1. The van der Waals surface area contributed by atoms with Gasteiger partial charge in [0.25, 0.3) is 0 Å². The van der Waals surface area contributed by atoms with Gasteiger partial charge in [-0.15, -0.1) is 0 Å². The predicted molar refractivity (Wildman–Crippen MR) is 60.3 cm³/mol. The number of benzene rings is 1. The molecule has 0 aliphatic carbocycles. The second-order valence-electron chi connectivity index (χ2n) is 4.16. The molecule has 15 heavy (non-hydrogen) atoms. The number of halogens is 1. The van der Waals surface area contributed by atoms with Crippen molar-refractivity contribution in [3.8, 4) is 0 Å². The van der Waals surface area contributed by atoms with Gasteiger partial charge in [-0.25, -0.2) is 4.39 Å². The molecule has 0 radical (unpaired) electrons. The first-order chi connectivity index (χ1) is 7.24. The predicted octanol–water partition coefficient (Wildman–Crippen LogP) is 2.13. The van der Waals surface area contributed by atoms with Gasteiger partial charge >= 0.3 is 0 Å². The molecular weight excluding hydrogens is 191 g/mol. The average Bonchev–Trinajstić information content (AvgIpc) is 2.19. The second kappa shape index (κ2) is 4.19. The molecule has 1 fully saturated rings. The van der Waals surface area contributed by atoms with Crippen LogP contribution in [0.3, 0.4) is 0 Å². The third-order valence-electron chi connectivity index (χ3n) is 3.15. The van der Waals surface area contributed by atoms with Crippen molar-refractivity contribution in [2.45, 2.75) is 19.9 Å². The molecule has 2 N–H and O–H groups in total. The molecule has 0 saturated carbocycles. The standard InChI is InChI=1S/C12H17FN2/c1-2-9-7-15(8-9)11-3-4-12(13)10(5-11)6-14/h3-5,9H,2,6-8,14H2,1H3. The summed E-state index contributed by atoms with van der Waals surface area (Å²) in [6, 6.07) is 5.21. The quantitative estimate of drug-likeness (QED) is 0.824. The van der Waals surface area contributed by atoms with Crippen molar-refractivity contribution in [1.29, 1.82) is 0 Å². The van der Waals surface area contributed by atoms with E-state index >= 15 is 0 Å². The van der Waals surface area contributed by atoms with Gasteiger partial charge in [0.05, 0.1) is 0 Å². The molecule has 0 amide bonds. The minimum absolute atomic E-state index is 0.200. The highest BCUT2D eigenvalue weighted by molar-refractivity contribution is 5.51. The van der Waals surface area contributed by atoms with Crippen LogP contribution in [0.5, 0.6) is 0 Å². The summed E-state index contributed by atoms with van der Waals surface area (Å²) in [4.78, 5) is 2.27. The van der Waals surface area contributed by atoms with Crippen molar-refractivity contribution in [3.05, 3.63) is 29.6 Å². The van der Waals surface area contributed by atoms with Gasteiger partial charge in [0.1, 0.15) is 5.82 Å². The van der Waals surface area contributed by atoms with E-state index in [2.05, 4.69) is 11.8 Å². The zero-order valence-corrected chi connectivity index (χ0v) is 9.04. The lowest BCUT2D eigenvalue weighted by atomic mass is 9.96. The Balaban J connectivity index is 2.10. The summed E-state index contributed by atoms with van der Waals surface area (Å²) in [7, 11) is 0. The van der Waals surface area contributed by atoms with E-state index in [9.17, 15) is 4.39 Å². The summed E-state index contributed by atoms with van der Waals surface area (Å²) in [5.41, 5.74) is 7.18. The van der Waals surface area contributed by atoms with Crippen LogP contribution in [0.2, 0.25) is 0 Å². The number of rotatable bonds is 3. The van der Waals surface area contributed by atoms with Crippen LogP contribution >= 0.6 is 0 Å². The number of hydrogen-bond donors (Lipinski definition) is 1. The van der Waals surface area contributed by atoms with Crippen LogP contribution in [0.4, 0.5) is 10.1 Å². The van der Waals surface area contributed by atoms with Crippen LogP contribution in [-0.2, 0) is 6.54 Å². The first-order valence-electron chi connectivity index (χ1n) is 5.48. The Morgan fingerprint density at radius 3 is 2.80 bits per heavy atom. The Morgan fingerprint density at radius 1 is 1.47 bits per heavy atom. The van der Waals surface area contributed by atoms with E-state index in [4.69, 9.17) is 5.73 Å². The fourth-order valence-corrected chi connectivity index (χ4v) is 1.95. The molecule has 0 atom stereocenters. The highest BCUT2D eigenvalue weighted by Gasteiger charge is 2.25. The van der Waals surface area contributed by atoms with Crippen molar-refractivity contribution >= 4 is 5.69 Å². The summed E-state index contributed by atoms with van der Waals surface area (Å²) in [6.07, 6.45) is 1.22. The molecule has 1 aromatic carbocycles. The lowest BCUT2D eigenvalue weighted by Gasteiger charge is -2.41. The fraction of sp³-hybridized carbons (Fsp3) is 0.500. The molecule has 1 heterocycles. The van der Waals surface area contributed by atoms with Crippen molar-refractivity contribution in [2.75, 3.05) is 18.0 Å². The SMILES string of the molecule is CCC1CN(c2ccc(F)c(CN)c2)C1. The van der Waals surface area contributed by atoms with Gasteiger partial charge in [-0.3, -0.25) is 0 Å². The van der Waals surface area contributed by atoms with E-state index in [-0.39, 0.29) is 12.4 Å². The first kappa shape index (κ1) is 10.4. The molecule has 0 bridgehead atoms. The van der Waals surface area contributed by atoms with E-state index in [1.807, 2.05) is 12.1 Å². The maximum atomic E-state index is 13.2. The third-order valence-corrected chi connectivity index (χ3v) is 3.15. The largest absolute Gasteiger partial charge is 0.371 e. The van der Waals surface area contributed by atoms with Crippen LogP contribution < -0.4 is 10.6 Å². The average molecular weight is 208 g/mol. The van der Waals surface area contributed by atoms with Crippen LogP contribution in [0.1, 0.15) is 18.9 Å². The van der Waals surface area contributed by atoms with Gasteiger partial charge in [0.15, 0.2) is 0 Å². The molecule has 3 heteroatoms. The van der Waals surface area contributed by atoms with Crippen molar-refractivity contribution < 1.29 is 4.39 Å². The molecule has 1 aromatic rings. The lowest BCUT2D eigenvalue weighted by molar-refractivity contribution is 0.398. The molecule has 82 valence electrons. The summed E-state index contributed by atoms with van der Waals surface area (Å²) in [6.45, 7) is 4.65. The molecule has 0 unspecified atom stereocenters. The maximum absolute atomic E-state index is 13.2. The second-order valence-corrected chi connectivity index (χ2v) is 4.16. The first-order valence-corrected chi connectivity index (χ1v) is 5.48. The third kappa shape index (κ3) is 1.97. The molecule has 2 rings (SSSR count). The summed E-state index contributed by atoms with van der Waals surface area (Å²) >= 11 is 0. The maximum Gasteiger partial charge on any atom is 0.127 e. The van der Waals surface area contributed by atoms with Crippen LogP contribution in [-0.4, -0.2) is 13.1 Å². The lowest BCUT2D eigenvalue weighted by Crippen LogP contribution is -2.46. The minimum Gasteiger partial charge on any atom is -0.371 e. The Labute approximate surface area is 89.9 Å². The summed E-state index contributed by atoms with van der Waals surface area (Å²) in [5.74, 6) is 0.602. The van der Waals surface area contributed by atoms with E-state index in [0.717, 1.165) is 24.7 Å². The molecule has 1 aliphatic heterocycles. The normalized spacial score (nSPS) is 16.6. The van der Waals surface area contributed by atoms with E-state index in [1.165, 1.54) is 12.5 Å². The number of hydrogen-bond acceptors (Lipinski definition) is 2. The monoisotopic (exact) mass is 208 g/mol.